The van der Waals surface area contributed by atoms with Crippen molar-refractivity contribution in [2.24, 2.45) is 0 Å². The quantitative estimate of drug-likeness (QED) is 0.590. The summed E-state index contributed by atoms with van der Waals surface area (Å²) in [6.45, 7) is 0. The Labute approximate surface area is 144 Å². The average Bonchev–Trinajstić information content (AvgIpc) is 2.95. The molecule has 1 saturated heterocycles. The molecule has 0 unspecified atom stereocenters. The lowest BCUT2D eigenvalue weighted by molar-refractivity contribution is -0.121. The molecule has 124 valence electrons. The van der Waals surface area contributed by atoms with Gasteiger partial charge in [0.05, 0.1) is 17.8 Å². The summed E-state index contributed by atoms with van der Waals surface area (Å²) < 4.78 is 0. The number of rotatable bonds is 3. The number of hydroxylamine groups is 1. The fourth-order valence-electron chi connectivity index (χ4n) is 3.22. The number of carbonyl (C=O) groups excluding carboxylic acids is 2. The summed E-state index contributed by atoms with van der Waals surface area (Å²) in [4.78, 5) is 26.6. The first-order valence-corrected chi connectivity index (χ1v) is 8.04. The van der Waals surface area contributed by atoms with Crippen LogP contribution in [0.25, 0.3) is 10.8 Å². The van der Waals surface area contributed by atoms with Gasteiger partial charge in [-0.1, -0.05) is 54.6 Å². The van der Waals surface area contributed by atoms with Crippen LogP contribution in [0, 0.1) is 0 Å². The number of amides is 2. The fourth-order valence-corrected chi connectivity index (χ4v) is 3.22. The maximum Gasteiger partial charge on any atom is 0.259 e. The smallest absolute Gasteiger partial charge is 0.259 e. The third kappa shape index (κ3) is 2.55. The molecule has 0 bridgehead atoms. The average molecular weight is 332 g/mol. The van der Waals surface area contributed by atoms with Gasteiger partial charge in [-0.15, -0.1) is 0 Å². The van der Waals surface area contributed by atoms with Crippen LogP contribution in [0.1, 0.15) is 6.42 Å². The highest BCUT2D eigenvalue weighted by Gasteiger charge is 2.43. The molecule has 0 spiro atoms. The summed E-state index contributed by atoms with van der Waals surface area (Å²) in [6, 6.07) is 20.9. The minimum absolute atomic E-state index is 0.0621. The molecule has 1 heterocycles. The first-order chi connectivity index (χ1) is 12.2. The Hall–Kier alpha value is -3.18. The number of hydrogen-bond donors (Lipinski definition) is 1. The third-order valence-electron chi connectivity index (χ3n) is 4.45. The molecule has 0 saturated carbocycles. The molecule has 3 aromatic rings. The summed E-state index contributed by atoms with van der Waals surface area (Å²) in [5, 5.41) is 13.1. The molecular weight excluding hydrogens is 316 g/mol. The summed E-state index contributed by atoms with van der Waals surface area (Å²) in [5.74, 6) is -0.742. The van der Waals surface area contributed by atoms with E-state index in [1.807, 2.05) is 42.5 Å². The van der Waals surface area contributed by atoms with E-state index < -0.39 is 11.9 Å². The normalized spacial score (nSPS) is 17.3. The van der Waals surface area contributed by atoms with Crippen molar-refractivity contribution in [1.29, 1.82) is 0 Å². The van der Waals surface area contributed by atoms with Crippen LogP contribution in [-0.2, 0) is 9.59 Å². The first-order valence-electron chi connectivity index (χ1n) is 8.04. The molecule has 1 N–H and O–H groups in total. The van der Waals surface area contributed by atoms with Crippen LogP contribution in [0.5, 0.6) is 0 Å². The second kappa shape index (κ2) is 6.03. The Bertz CT molecular complexity index is 950. The van der Waals surface area contributed by atoms with Gasteiger partial charge in [0, 0.05) is 5.39 Å². The number of anilines is 2. The lowest BCUT2D eigenvalue weighted by Crippen LogP contribution is -2.40. The number of para-hydroxylation sites is 1. The number of hydrogen-bond acceptors (Lipinski definition) is 4. The van der Waals surface area contributed by atoms with Crippen molar-refractivity contribution in [3.05, 3.63) is 72.8 Å². The molecule has 0 aliphatic carbocycles. The van der Waals surface area contributed by atoms with Gasteiger partial charge in [0.25, 0.3) is 5.91 Å². The number of benzene rings is 3. The molecule has 1 atom stereocenters. The highest BCUT2D eigenvalue weighted by atomic mass is 16.5. The van der Waals surface area contributed by atoms with Gasteiger partial charge < -0.3 is 0 Å². The van der Waals surface area contributed by atoms with Crippen molar-refractivity contribution in [2.45, 2.75) is 12.5 Å². The lowest BCUT2D eigenvalue weighted by Gasteiger charge is -2.23. The van der Waals surface area contributed by atoms with E-state index in [-0.39, 0.29) is 12.3 Å². The molecule has 1 fully saturated rings. The molecule has 0 aromatic heterocycles. The van der Waals surface area contributed by atoms with Crippen molar-refractivity contribution in [1.82, 2.24) is 0 Å². The number of fused-ring (bicyclic) bond motifs is 1. The van der Waals surface area contributed by atoms with Crippen LogP contribution in [0.3, 0.4) is 0 Å². The van der Waals surface area contributed by atoms with Crippen molar-refractivity contribution in [3.63, 3.8) is 0 Å². The molecule has 1 aliphatic heterocycles. The predicted molar refractivity (Wildman–Crippen MR) is 95.6 cm³/mol. The van der Waals surface area contributed by atoms with Gasteiger partial charge in [0.2, 0.25) is 5.91 Å². The highest BCUT2D eigenvalue weighted by molar-refractivity contribution is 6.25. The molecule has 2 amide bonds. The van der Waals surface area contributed by atoms with Gasteiger partial charge in [-0.3, -0.25) is 14.8 Å². The minimum Gasteiger partial charge on any atom is -0.288 e. The lowest BCUT2D eigenvalue weighted by atomic mass is 10.1. The topological polar surface area (TPSA) is 60.9 Å². The number of nitrogens with zero attached hydrogens (tertiary/aromatic N) is 2. The molecule has 0 radical (unpaired) electrons. The van der Waals surface area contributed by atoms with E-state index in [9.17, 15) is 14.8 Å². The zero-order valence-electron chi connectivity index (χ0n) is 13.4. The van der Waals surface area contributed by atoms with E-state index in [0.717, 1.165) is 15.8 Å². The zero-order chi connectivity index (χ0) is 17.4. The van der Waals surface area contributed by atoms with E-state index in [4.69, 9.17) is 0 Å². The van der Waals surface area contributed by atoms with Crippen molar-refractivity contribution in [2.75, 3.05) is 9.96 Å². The highest BCUT2D eigenvalue weighted by Crippen LogP contribution is 2.32. The van der Waals surface area contributed by atoms with E-state index in [1.165, 1.54) is 4.90 Å². The van der Waals surface area contributed by atoms with Gasteiger partial charge in [-0.05, 0) is 23.6 Å². The van der Waals surface area contributed by atoms with Gasteiger partial charge in [-0.25, -0.2) is 9.96 Å². The molecule has 4 rings (SSSR count). The molecule has 5 nitrogen and oxygen atoms in total. The van der Waals surface area contributed by atoms with Crippen LogP contribution in [0.2, 0.25) is 0 Å². The largest absolute Gasteiger partial charge is 0.288 e. The summed E-state index contributed by atoms with van der Waals surface area (Å²) in [6.07, 6.45) is -0.0621. The second-order valence-electron chi connectivity index (χ2n) is 5.97. The predicted octanol–water partition coefficient (Wildman–Crippen LogP) is 3.37. The second-order valence-corrected chi connectivity index (χ2v) is 5.97. The van der Waals surface area contributed by atoms with Gasteiger partial charge >= 0.3 is 0 Å². The van der Waals surface area contributed by atoms with Gasteiger partial charge in [-0.2, -0.15) is 0 Å². The van der Waals surface area contributed by atoms with Gasteiger partial charge in [0.15, 0.2) is 0 Å². The molecule has 25 heavy (non-hydrogen) atoms. The third-order valence-corrected chi connectivity index (χ3v) is 4.45. The Morgan fingerprint density at radius 3 is 2.36 bits per heavy atom. The van der Waals surface area contributed by atoms with E-state index in [0.29, 0.717) is 11.4 Å². The summed E-state index contributed by atoms with van der Waals surface area (Å²) in [7, 11) is 0. The van der Waals surface area contributed by atoms with Crippen LogP contribution in [0.15, 0.2) is 72.8 Å². The minimum atomic E-state index is -0.922. The standard InChI is InChI=1S/C20H16N2O3/c23-19-13-18(22(25)15-9-2-1-3-10-15)20(24)21(19)17-12-6-8-14-7-4-5-11-16(14)17/h1-12,18,25H,13H2/t18-/m0/s1. The van der Waals surface area contributed by atoms with Gasteiger partial charge in [0.1, 0.15) is 6.04 Å². The van der Waals surface area contributed by atoms with E-state index in [2.05, 4.69) is 0 Å². The van der Waals surface area contributed by atoms with Crippen molar-refractivity contribution >= 4 is 34.0 Å². The molecule has 5 heteroatoms. The molecular formula is C20H16N2O3. The van der Waals surface area contributed by atoms with E-state index in [1.54, 1.807) is 30.3 Å². The fraction of sp³-hybridized carbons (Fsp3) is 0.100. The Kier molecular flexibility index (Phi) is 3.71. The zero-order valence-corrected chi connectivity index (χ0v) is 13.4. The van der Waals surface area contributed by atoms with Crippen LogP contribution >= 0.6 is 0 Å². The molecule has 1 aliphatic rings. The van der Waals surface area contributed by atoms with E-state index >= 15 is 0 Å². The number of imide groups is 1. The number of carbonyl (C=O) groups is 2. The first kappa shape index (κ1) is 15.4. The molecule has 3 aromatic carbocycles. The van der Waals surface area contributed by atoms with Crippen LogP contribution in [0.4, 0.5) is 11.4 Å². The monoisotopic (exact) mass is 332 g/mol. The maximum absolute atomic E-state index is 12.9. The maximum atomic E-state index is 12.9. The SMILES string of the molecule is O=C1C[C@H](N(O)c2ccccc2)C(=O)N1c1cccc2ccccc12. The Balaban J connectivity index is 1.72. The summed E-state index contributed by atoms with van der Waals surface area (Å²) in [5.41, 5.74) is 1.03. The Morgan fingerprint density at radius 2 is 1.56 bits per heavy atom. The Morgan fingerprint density at radius 1 is 0.880 bits per heavy atom. The van der Waals surface area contributed by atoms with Crippen molar-refractivity contribution < 1.29 is 14.8 Å². The van der Waals surface area contributed by atoms with Crippen LogP contribution < -0.4 is 9.96 Å². The van der Waals surface area contributed by atoms with Crippen molar-refractivity contribution in [3.8, 4) is 0 Å². The summed E-state index contributed by atoms with van der Waals surface area (Å²) >= 11 is 0. The van der Waals surface area contributed by atoms with Crippen LogP contribution in [-0.4, -0.2) is 23.1 Å².